The van der Waals surface area contributed by atoms with Gasteiger partial charge in [0.25, 0.3) is 0 Å². The van der Waals surface area contributed by atoms with E-state index in [-0.39, 0.29) is 0 Å². The Morgan fingerprint density at radius 3 is 2.17 bits per heavy atom. The van der Waals surface area contributed by atoms with Gasteiger partial charge in [-0.2, -0.15) is 0 Å². The first-order chi connectivity index (χ1) is 8.53. The molecule has 1 aromatic rings. The Kier molecular flexibility index (Phi) is 6.32. The molecule has 1 N–H and O–H groups in total. The van der Waals surface area contributed by atoms with E-state index in [1.165, 1.54) is 0 Å². The smallest absolute Gasteiger partial charge is 0.211 e. The SMILES string of the molecule is CCC(CC)CNS(=O)(=O)c1ccc(CBr)cc1. The molecular formula is C13H20BrNO2S. The first-order valence-corrected chi connectivity index (χ1v) is 8.78. The number of rotatable bonds is 7. The summed E-state index contributed by atoms with van der Waals surface area (Å²) in [5.74, 6) is 0.404. The largest absolute Gasteiger partial charge is 0.240 e. The summed E-state index contributed by atoms with van der Waals surface area (Å²) in [5, 5.41) is 0.731. The van der Waals surface area contributed by atoms with Crippen molar-refractivity contribution >= 4 is 26.0 Å². The molecule has 0 heterocycles. The molecule has 5 heteroatoms. The van der Waals surface area contributed by atoms with Gasteiger partial charge >= 0.3 is 0 Å². The first kappa shape index (κ1) is 15.7. The summed E-state index contributed by atoms with van der Waals surface area (Å²) in [4.78, 5) is 0.332. The van der Waals surface area contributed by atoms with Gasteiger partial charge in [-0.3, -0.25) is 0 Å². The van der Waals surface area contributed by atoms with E-state index in [2.05, 4.69) is 34.5 Å². The molecule has 3 nitrogen and oxygen atoms in total. The Bertz CT molecular complexity index is 452. The third kappa shape index (κ3) is 4.37. The molecule has 0 aliphatic heterocycles. The van der Waals surface area contributed by atoms with Crippen LogP contribution in [0.1, 0.15) is 32.3 Å². The number of hydrogen-bond donors (Lipinski definition) is 1. The highest BCUT2D eigenvalue weighted by molar-refractivity contribution is 9.08. The molecule has 0 saturated heterocycles. The molecule has 18 heavy (non-hydrogen) atoms. The Hall–Kier alpha value is -0.390. The predicted molar refractivity (Wildman–Crippen MR) is 78.3 cm³/mol. The fraction of sp³-hybridized carbons (Fsp3) is 0.538. The van der Waals surface area contributed by atoms with E-state index >= 15 is 0 Å². The monoisotopic (exact) mass is 333 g/mol. The van der Waals surface area contributed by atoms with E-state index in [9.17, 15) is 8.42 Å². The van der Waals surface area contributed by atoms with Crippen molar-refractivity contribution in [3.63, 3.8) is 0 Å². The fourth-order valence-corrected chi connectivity index (χ4v) is 3.14. The number of benzene rings is 1. The van der Waals surface area contributed by atoms with Crippen molar-refractivity contribution in [3.05, 3.63) is 29.8 Å². The van der Waals surface area contributed by atoms with Crippen molar-refractivity contribution in [3.8, 4) is 0 Å². The van der Waals surface area contributed by atoms with Gasteiger partial charge in [0.15, 0.2) is 0 Å². The van der Waals surface area contributed by atoms with Crippen LogP contribution in [-0.4, -0.2) is 15.0 Å². The lowest BCUT2D eigenvalue weighted by Crippen LogP contribution is -2.29. The van der Waals surface area contributed by atoms with Gasteiger partial charge in [0.05, 0.1) is 4.90 Å². The topological polar surface area (TPSA) is 46.2 Å². The van der Waals surface area contributed by atoms with Crippen LogP contribution in [0.2, 0.25) is 0 Å². The molecule has 0 atom stereocenters. The van der Waals surface area contributed by atoms with E-state index in [4.69, 9.17) is 0 Å². The van der Waals surface area contributed by atoms with Crippen LogP contribution in [0.15, 0.2) is 29.2 Å². The number of nitrogens with one attached hydrogen (secondary N) is 1. The second-order valence-corrected chi connectivity index (χ2v) is 6.64. The van der Waals surface area contributed by atoms with E-state index in [1.54, 1.807) is 12.1 Å². The molecule has 1 rings (SSSR count). The maximum Gasteiger partial charge on any atom is 0.240 e. The summed E-state index contributed by atoms with van der Waals surface area (Å²) in [6, 6.07) is 6.93. The third-order valence-corrected chi connectivity index (χ3v) is 5.19. The van der Waals surface area contributed by atoms with Gasteiger partial charge in [0.1, 0.15) is 0 Å². The molecule has 0 bridgehead atoms. The highest BCUT2D eigenvalue weighted by atomic mass is 79.9. The molecule has 0 unspecified atom stereocenters. The molecule has 0 aromatic heterocycles. The molecule has 0 fully saturated rings. The van der Waals surface area contributed by atoms with Crippen LogP contribution in [0.25, 0.3) is 0 Å². The van der Waals surface area contributed by atoms with E-state index in [1.807, 2.05) is 12.1 Å². The summed E-state index contributed by atoms with van der Waals surface area (Å²) < 4.78 is 26.8. The molecule has 0 amide bonds. The van der Waals surface area contributed by atoms with Crippen LogP contribution in [0, 0.1) is 5.92 Å². The van der Waals surface area contributed by atoms with Crippen LogP contribution < -0.4 is 4.72 Å². The number of halogens is 1. The molecule has 1 aromatic carbocycles. The molecule has 0 aliphatic rings. The summed E-state index contributed by atoms with van der Waals surface area (Å²) in [6.45, 7) is 4.66. The lowest BCUT2D eigenvalue weighted by molar-refractivity contribution is 0.479. The third-order valence-electron chi connectivity index (χ3n) is 3.10. The Morgan fingerprint density at radius 1 is 1.17 bits per heavy atom. The number of alkyl halides is 1. The summed E-state index contributed by atoms with van der Waals surface area (Å²) in [6.07, 6.45) is 1.98. The second-order valence-electron chi connectivity index (χ2n) is 4.31. The molecular weight excluding hydrogens is 314 g/mol. The quantitative estimate of drug-likeness (QED) is 0.778. The highest BCUT2D eigenvalue weighted by Crippen LogP contribution is 2.13. The van der Waals surface area contributed by atoms with Crippen LogP contribution in [0.4, 0.5) is 0 Å². The number of sulfonamides is 1. The van der Waals surface area contributed by atoms with Crippen LogP contribution in [-0.2, 0) is 15.4 Å². The zero-order valence-electron chi connectivity index (χ0n) is 10.8. The van der Waals surface area contributed by atoms with Gasteiger partial charge in [0, 0.05) is 11.9 Å². The van der Waals surface area contributed by atoms with Gasteiger partial charge in [-0.15, -0.1) is 0 Å². The van der Waals surface area contributed by atoms with E-state index in [0.717, 1.165) is 23.7 Å². The summed E-state index contributed by atoms with van der Waals surface area (Å²) in [5.41, 5.74) is 1.06. The fourth-order valence-electron chi connectivity index (χ4n) is 1.65. The first-order valence-electron chi connectivity index (χ1n) is 6.18. The van der Waals surface area contributed by atoms with E-state index < -0.39 is 10.0 Å². The van der Waals surface area contributed by atoms with E-state index in [0.29, 0.717) is 17.4 Å². The minimum Gasteiger partial charge on any atom is -0.211 e. The summed E-state index contributed by atoms with van der Waals surface area (Å²) >= 11 is 3.34. The molecule has 0 saturated carbocycles. The molecule has 0 aliphatic carbocycles. The Balaban J connectivity index is 2.73. The Labute approximate surface area is 118 Å². The molecule has 102 valence electrons. The molecule has 0 radical (unpaired) electrons. The average molecular weight is 334 g/mol. The van der Waals surface area contributed by atoms with Crippen molar-refractivity contribution in [2.24, 2.45) is 5.92 Å². The standard InChI is InChI=1S/C13H20BrNO2S/c1-3-11(4-2)10-15-18(16,17)13-7-5-12(9-14)6-8-13/h5-8,11,15H,3-4,9-10H2,1-2H3. The van der Waals surface area contributed by atoms with Crippen molar-refractivity contribution in [1.29, 1.82) is 0 Å². The van der Waals surface area contributed by atoms with Crippen LogP contribution in [0.3, 0.4) is 0 Å². The van der Waals surface area contributed by atoms with Gasteiger partial charge in [-0.05, 0) is 23.6 Å². The lowest BCUT2D eigenvalue weighted by Gasteiger charge is -2.13. The minimum absolute atomic E-state index is 0.332. The van der Waals surface area contributed by atoms with Crippen LogP contribution in [0.5, 0.6) is 0 Å². The van der Waals surface area contributed by atoms with Gasteiger partial charge in [-0.25, -0.2) is 13.1 Å². The van der Waals surface area contributed by atoms with Gasteiger partial charge in [0.2, 0.25) is 10.0 Å². The minimum atomic E-state index is -3.37. The zero-order valence-corrected chi connectivity index (χ0v) is 13.2. The predicted octanol–water partition coefficient (Wildman–Crippen LogP) is 3.30. The van der Waals surface area contributed by atoms with Crippen molar-refractivity contribution in [1.82, 2.24) is 4.72 Å². The average Bonchev–Trinajstić information content (AvgIpc) is 2.40. The van der Waals surface area contributed by atoms with Crippen molar-refractivity contribution in [2.45, 2.75) is 36.9 Å². The van der Waals surface area contributed by atoms with Gasteiger partial charge in [-0.1, -0.05) is 54.8 Å². The second kappa shape index (κ2) is 7.26. The van der Waals surface area contributed by atoms with Crippen molar-refractivity contribution in [2.75, 3.05) is 6.54 Å². The van der Waals surface area contributed by atoms with Crippen molar-refractivity contribution < 1.29 is 8.42 Å². The maximum absolute atomic E-state index is 12.0. The maximum atomic E-state index is 12.0. The molecule has 0 spiro atoms. The van der Waals surface area contributed by atoms with Gasteiger partial charge < -0.3 is 0 Å². The normalized spacial score (nSPS) is 12.0. The lowest BCUT2D eigenvalue weighted by atomic mass is 10.0. The zero-order chi connectivity index (χ0) is 13.6. The Morgan fingerprint density at radius 2 is 1.72 bits per heavy atom. The summed E-state index contributed by atoms with van der Waals surface area (Å²) in [7, 11) is -3.37. The highest BCUT2D eigenvalue weighted by Gasteiger charge is 2.15. The van der Waals surface area contributed by atoms with Crippen LogP contribution >= 0.6 is 15.9 Å². The number of hydrogen-bond acceptors (Lipinski definition) is 2.